The van der Waals surface area contributed by atoms with Gasteiger partial charge in [0, 0.05) is 25.3 Å². The Balaban J connectivity index is 1.92. The molecule has 0 unspecified atom stereocenters. The minimum atomic E-state index is -0.0444. The first-order valence-corrected chi connectivity index (χ1v) is 8.85. The fourth-order valence-electron chi connectivity index (χ4n) is 2.56. The van der Waals surface area contributed by atoms with Crippen LogP contribution >= 0.6 is 11.8 Å². The van der Waals surface area contributed by atoms with Gasteiger partial charge in [0.05, 0.1) is 13.2 Å². The molecule has 0 spiro atoms. The average molecular weight is 336 g/mol. The van der Waals surface area contributed by atoms with E-state index in [9.17, 15) is 9.59 Å². The third kappa shape index (κ3) is 4.89. The van der Waals surface area contributed by atoms with Crippen LogP contribution in [0.3, 0.4) is 0 Å². The molecule has 0 bridgehead atoms. The van der Waals surface area contributed by atoms with Crippen molar-refractivity contribution in [3.8, 4) is 5.75 Å². The molecule has 1 heterocycles. The first-order chi connectivity index (χ1) is 11.0. The molecule has 1 N–H and O–H groups in total. The molecular weight excluding hydrogens is 312 g/mol. The molecule has 1 aliphatic rings. The van der Waals surface area contributed by atoms with Gasteiger partial charge in [-0.05, 0) is 23.6 Å². The minimum absolute atomic E-state index is 0.0239. The van der Waals surface area contributed by atoms with Crippen LogP contribution in [0.15, 0.2) is 24.3 Å². The molecule has 1 atom stereocenters. The lowest BCUT2D eigenvalue weighted by Crippen LogP contribution is -2.35. The topological polar surface area (TPSA) is 58.6 Å². The van der Waals surface area contributed by atoms with Gasteiger partial charge in [0.2, 0.25) is 5.91 Å². The largest absolute Gasteiger partial charge is 0.497 e. The number of methoxy groups -OCH3 is 1. The number of nitrogens with one attached hydrogen (secondary N) is 1. The number of ether oxygens (including phenoxy) is 1. The van der Waals surface area contributed by atoms with Crippen molar-refractivity contribution in [2.75, 3.05) is 26.0 Å². The molecule has 0 aliphatic carbocycles. The molecule has 0 saturated carbocycles. The molecule has 126 valence electrons. The van der Waals surface area contributed by atoms with Gasteiger partial charge >= 0.3 is 0 Å². The van der Waals surface area contributed by atoms with Crippen LogP contribution in [0.4, 0.5) is 4.79 Å². The van der Waals surface area contributed by atoms with Gasteiger partial charge in [0.25, 0.3) is 5.24 Å². The second-order valence-corrected chi connectivity index (χ2v) is 6.96. The predicted molar refractivity (Wildman–Crippen MR) is 92.8 cm³/mol. The summed E-state index contributed by atoms with van der Waals surface area (Å²) in [5, 5.41) is 3.16. The molecule has 5 nitrogen and oxygen atoms in total. The molecule has 1 saturated heterocycles. The van der Waals surface area contributed by atoms with Gasteiger partial charge in [-0.1, -0.05) is 37.7 Å². The van der Waals surface area contributed by atoms with Crippen molar-refractivity contribution in [1.29, 1.82) is 0 Å². The number of hydrogen-bond donors (Lipinski definition) is 1. The lowest BCUT2D eigenvalue weighted by atomic mass is 9.96. The Kier molecular flexibility index (Phi) is 6.33. The highest BCUT2D eigenvalue weighted by molar-refractivity contribution is 8.13. The number of rotatable bonds is 7. The quantitative estimate of drug-likeness (QED) is 0.831. The van der Waals surface area contributed by atoms with Crippen LogP contribution in [-0.2, 0) is 4.79 Å². The van der Waals surface area contributed by atoms with Crippen molar-refractivity contribution in [1.82, 2.24) is 10.2 Å². The zero-order chi connectivity index (χ0) is 16.8. The maximum atomic E-state index is 12.2. The molecular formula is C17H24N2O3S. The molecule has 2 rings (SSSR count). The average Bonchev–Trinajstić information content (AvgIpc) is 2.95. The number of carbonyl (C=O) groups excluding carboxylic acids is 2. The van der Waals surface area contributed by atoms with Gasteiger partial charge in [-0.2, -0.15) is 0 Å². The van der Waals surface area contributed by atoms with Crippen LogP contribution in [0, 0.1) is 5.92 Å². The molecule has 23 heavy (non-hydrogen) atoms. The second kappa shape index (κ2) is 8.24. The van der Waals surface area contributed by atoms with Gasteiger partial charge in [0.1, 0.15) is 5.75 Å². The van der Waals surface area contributed by atoms with E-state index >= 15 is 0 Å². The monoisotopic (exact) mass is 336 g/mol. The molecule has 0 radical (unpaired) electrons. The maximum absolute atomic E-state index is 12.2. The van der Waals surface area contributed by atoms with E-state index in [-0.39, 0.29) is 23.1 Å². The normalized spacial score (nSPS) is 15.8. The van der Waals surface area contributed by atoms with Gasteiger partial charge in [-0.25, -0.2) is 0 Å². The van der Waals surface area contributed by atoms with E-state index in [0.29, 0.717) is 13.0 Å². The summed E-state index contributed by atoms with van der Waals surface area (Å²) < 4.78 is 5.17. The van der Waals surface area contributed by atoms with Crippen LogP contribution in [0.2, 0.25) is 0 Å². The number of benzene rings is 1. The van der Waals surface area contributed by atoms with E-state index in [1.165, 1.54) is 11.8 Å². The van der Waals surface area contributed by atoms with Crippen molar-refractivity contribution in [2.45, 2.75) is 26.3 Å². The van der Waals surface area contributed by atoms with Crippen molar-refractivity contribution >= 4 is 22.9 Å². The summed E-state index contributed by atoms with van der Waals surface area (Å²) in [6.07, 6.45) is 0.339. The van der Waals surface area contributed by atoms with Gasteiger partial charge in [-0.15, -0.1) is 0 Å². The minimum Gasteiger partial charge on any atom is -0.497 e. The Hall–Kier alpha value is -1.69. The fourth-order valence-corrected chi connectivity index (χ4v) is 3.41. The zero-order valence-electron chi connectivity index (χ0n) is 13.9. The van der Waals surface area contributed by atoms with Gasteiger partial charge in [0.15, 0.2) is 0 Å². The molecule has 0 aromatic heterocycles. The highest BCUT2D eigenvalue weighted by atomic mass is 32.2. The molecule has 6 heteroatoms. The third-order valence-corrected chi connectivity index (χ3v) is 4.80. The first kappa shape index (κ1) is 17.7. The van der Waals surface area contributed by atoms with Crippen molar-refractivity contribution in [3.63, 3.8) is 0 Å². The Morgan fingerprint density at radius 2 is 2.04 bits per heavy atom. The summed E-state index contributed by atoms with van der Waals surface area (Å²) in [6.45, 7) is 5.39. The van der Waals surface area contributed by atoms with Crippen LogP contribution in [-0.4, -0.2) is 42.0 Å². The summed E-state index contributed by atoms with van der Waals surface area (Å²) in [7, 11) is 1.63. The lowest BCUT2D eigenvalue weighted by molar-refractivity contribution is -0.122. The Labute approximate surface area is 141 Å². The Morgan fingerprint density at radius 1 is 1.35 bits per heavy atom. The van der Waals surface area contributed by atoms with Crippen LogP contribution < -0.4 is 10.1 Å². The molecule has 1 fully saturated rings. The fraction of sp³-hybridized carbons (Fsp3) is 0.529. The predicted octanol–water partition coefficient (Wildman–Crippen LogP) is 3.07. The Bertz CT molecular complexity index is 545. The summed E-state index contributed by atoms with van der Waals surface area (Å²) in [5.74, 6) is 1.87. The second-order valence-electron chi connectivity index (χ2n) is 5.91. The summed E-state index contributed by atoms with van der Waals surface area (Å²) >= 11 is 1.32. The maximum Gasteiger partial charge on any atom is 0.281 e. The SMILES string of the molecule is COc1ccc([C@H](NC(=O)CCN2CCSC2=O)C(C)C)cc1. The Morgan fingerprint density at radius 3 is 2.57 bits per heavy atom. The van der Waals surface area contributed by atoms with Crippen molar-refractivity contribution in [2.24, 2.45) is 5.92 Å². The number of amides is 2. The lowest BCUT2D eigenvalue weighted by Gasteiger charge is -2.24. The standard InChI is InChI=1S/C17H24N2O3S/c1-12(2)16(13-4-6-14(22-3)7-5-13)18-15(20)8-9-19-10-11-23-17(19)21/h4-7,12,16H,8-11H2,1-3H3,(H,18,20)/t16-/m1/s1. The summed E-state index contributed by atoms with van der Waals surface area (Å²) in [5.41, 5.74) is 1.06. The zero-order valence-corrected chi connectivity index (χ0v) is 14.7. The number of nitrogens with zero attached hydrogens (tertiary/aromatic N) is 1. The first-order valence-electron chi connectivity index (χ1n) is 7.86. The van der Waals surface area contributed by atoms with E-state index in [1.54, 1.807) is 12.0 Å². The highest BCUT2D eigenvalue weighted by Crippen LogP contribution is 2.24. The van der Waals surface area contributed by atoms with Crippen molar-refractivity contribution < 1.29 is 14.3 Å². The van der Waals surface area contributed by atoms with E-state index in [2.05, 4.69) is 19.2 Å². The number of hydrogen-bond acceptors (Lipinski definition) is 4. The summed E-state index contributed by atoms with van der Waals surface area (Å²) in [6, 6.07) is 7.71. The molecule has 2 amide bonds. The number of thioether (sulfide) groups is 1. The highest BCUT2D eigenvalue weighted by Gasteiger charge is 2.23. The molecule has 1 aromatic rings. The van der Waals surface area contributed by atoms with Gasteiger partial charge in [-0.3, -0.25) is 9.59 Å². The van der Waals surface area contributed by atoms with Crippen LogP contribution in [0.25, 0.3) is 0 Å². The van der Waals surface area contributed by atoms with E-state index in [0.717, 1.165) is 23.6 Å². The molecule has 1 aliphatic heterocycles. The van der Waals surface area contributed by atoms with E-state index in [1.807, 2.05) is 24.3 Å². The van der Waals surface area contributed by atoms with Crippen LogP contribution in [0.1, 0.15) is 31.9 Å². The summed E-state index contributed by atoms with van der Waals surface area (Å²) in [4.78, 5) is 25.5. The van der Waals surface area contributed by atoms with E-state index in [4.69, 9.17) is 4.74 Å². The smallest absolute Gasteiger partial charge is 0.281 e. The van der Waals surface area contributed by atoms with Crippen molar-refractivity contribution in [3.05, 3.63) is 29.8 Å². The van der Waals surface area contributed by atoms with Crippen LogP contribution in [0.5, 0.6) is 5.75 Å². The van der Waals surface area contributed by atoms with Gasteiger partial charge < -0.3 is 15.0 Å². The third-order valence-electron chi connectivity index (χ3n) is 3.91. The van der Waals surface area contributed by atoms with E-state index < -0.39 is 0 Å². The molecule has 1 aromatic carbocycles. The number of carbonyl (C=O) groups is 2.